The predicted molar refractivity (Wildman–Crippen MR) is 133 cm³/mol. The minimum absolute atomic E-state index is 0.250. The number of anilines is 1. The molecular formula is C25H26F7N5O3S. The highest BCUT2D eigenvalue weighted by molar-refractivity contribution is 7.17. The average Bonchev–Trinajstić information content (AvgIpc) is 3.52. The number of nitrogens with one attached hydrogen (secondary N) is 2. The Morgan fingerprint density at radius 2 is 1.90 bits per heavy atom. The second-order valence-electron chi connectivity index (χ2n) is 10.8. The number of carbonyl (C=O) groups is 2. The number of aliphatic hydroxyl groups excluding tert-OH is 1. The summed E-state index contributed by atoms with van der Waals surface area (Å²) < 4.78 is 97.2. The second-order valence-corrected chi connectivity index (χ2v) is 11.8. The van der Waals surface area contributed by atoms with Crippen LogP contribution in [0.2, 0.25) is 0 Å². The highest BCUT2D eigenvalue weighted by atomic mass is 32.1. The molecule has 2 aromatic heterocycles. The fourth-order valence-electron chi connectivity index (χ4n) is 5.09. The van der Waals surface area contributed by atoms with Crippen molar-refractivity contribution in [3.8, 4) is 10.4 Å². The predicted octanol–water partition coefficient (Wildman–Crippen LogP) is 5.02. The molecule has 41 heavy (non-hydrogen) atoms. The van der Waals surface area contributed by atoms with Crippen LogP contribution in [0.25, 0.3) is 10.4 Å². The fourth-order valence-corrected chi connectivity index (χ4v) is 6.09. The van der Waals surface area contributed by atoms with Crippen molar-refractivity contribution in [1.82, 2.24) is 20.2 Å². The average molecular weight is 610 g/mol. The molecule has 2 aliphatic carbocycles. The maximum atomic E-state index is 14.3. The first-order valence-electron chi connectivity index (χ1n) is 12.9. The molecule has 2 saturated carbocycles. The van der Waals surface area contributed by atoms with Gasteiger partial charge in [-0.3, -0.25) is 9.59 Å². The van der Waals surface area contributed by atoms with E-state index in [1.54, 1.807) is 0 Å². The van der Waals surface area contributed by atoms with E-state index in [-0.39, 0.29) is 34.3 Å². The van der Waals surface area contributed by atoms with E-state index < -0.39 is 84.5 Å². The summed E-state index contributed by atoms with van der Waals surface area (Å²) >= 11 is 0.562. The Kier molecular flexibility index (Phi) is 7.68. The molecule has 3 N–H and O–H groups in total. The van der Waals surface area contributed by atoms with Gasteiger partial charge in [-0.15, -0.1) is 11.3 Å². The minimum Gasteiger partial charge on any atom is -0.393 e. The smallest absolute Gasteiger partial charge is 0.393 e. The van der Waals surface area contributed by atoms with E-state index in [0.717, 1.165) is 17.2 Å². The number of aliphatic hydroxyl groups is 1. The second kappa shape index (κ2) is 10.7. The Hall–Kier alpha value is -3.01. The maximum Gasteiger partial charge on any atom is 0.408 e. The summed E-state index contributed by atoms with van der Waals surface area (Å²) in [6.07, 6.45) is -7.02. The first kappa shape index (κ1) is 29.5. The molecule has 0 bridgehead atoms. The summed E-state index contributed by atoms with van der Waals surface area (Å²) in [7, 11) is 0. The lowest BCUT2D eigenvalue weighted by molar-refractivity contribution is -0.146. The summed E-state index contributed by atoms with van der Waals surface area (Å²) in [5.41, 5.74) is -1.65. The molecule has 8 nitrogen and oxygen atoms in total. The number of amides is 2. The summed E-state index contributed by atoms with van der Waals surface area (Å²) in [6, 6.07) is -2.53. The van der Waals surface area contributed by atoms with Crippen LogP contribution in [0.15, 0.2) is 12.3 Å². The van der Waals surface area contributed by atoms with E-state index in [1.807, 2.05) is 0 Å². The molecule has 3 aliphatic rings. The van der Waals surface area contributed by atoms with Gasteiger partial charge in [0, 0.05) is 35.8 Å². The standard InChI is InChI=1S/C25H26F7N5O3S/c1-10-7-24(28,29)9-37(10)23(40)17-18(41-22(36-17)21(39)34-12-4-13(38)5-12)15-8-33-16(6-14(15)20(26)27)35-19(11-2-3-11)25(30,31)32/h6,8,10-13,19-20,38H,2-5,7,9H2,1H3,(H,33,35)(H,34,39)/t10-,12-,13-,19-/m0/s1. The number of halogens is 7. The molecule has 2 aromatic rings. The zero-order valence-electron chi connectivity index (χ0n) is 21.5. The Morgan fingerprint density at radius 3 is 2.44 bits per heavy atom. The minimum atomic E-state index is -4.64. The number of likely N-dealkylation sites (tertiary alicyclic amines) is 1. The van der Waals surface area contributed by atoms with Gasteiger partial charge in [0.15, 0.2) is 5.01 Å². The van der Waals surface area contributed by atoms with Crippen LogP contribution < -0.4 is 10.6 Å². The van der Waals surface area contributed by atoms with Crippen molar-refractivity contribution in [2.45, 2.75) is 81.8 Å². The molecule has 3 fully saturated rings. The lowest BCUT2D eigenvalue weighted by atomic mass is 9.89. The van der Waals surface area contributed by atoms with Crippen molar-refractivity contribution in [3.05, 3.63) is 28.5 Å². The molecule has 2 atom stereocenters. The monoisotopic (exact) mass is 609 g/mol. The number of aromatic nitrogens is 2. The Morgan fingerprint density at radius 1 is 1.22 bits per heavy atom. The summed E-state index contributed by atoms with van der Waals surface area (Å²) in [4.78, 5) is 34.8. The van der Waals surface area contributed by atoms with Crippen LogP contribution in [0.3, 0.4) is 0 Å². The van der Waals surface area contributed by atoms with Crippen molar-refractivity contribution in [2.24, 2.45) is 5.92 Å². The van der Waals surface area contributed by atoms with Crippen molar-refractivity contribution in [2.75, 3.05) is 11.9 Å². The van der Waals surface area contributed by atoms with Gasteiger partial charge in [-0.05, 0) is 44.6 Å². The Bertz CT molecular complexity index is 1330. The zero-order chi connectivity index (χ0) is 29.9. The van der Waals surface area contributed by atoms with Crippen LogP contribution in [-0.2, 0) is 0 Å². The molecule has 0 unspecified atom stereocenters. The van der Waals surface area contributed by atoms with Gasteiger partial charge in [-0.2, -0.15) is 13.2 Å². The quantitative estimate of drug-likeness (QED) is 0.363. The molecular weight excluding hydrogens is 583 g/mol. The third kappa shape index (κ3) is 6.27. The van der Waals surface area contributed by atoms with E-state index in [2.05, 4.69) is 20.6 Å². The van der Waals surface area contributed by atoms with Crippen LogP contribution in [0.5, 0.6) is 0 Å². The van der Waals surface area contributed by atoms with E-state index in [4.69, 9.17) is 0 Å². The third-order valence-corrected chi connectivity index (χ3v) is 8.51. The van der Waals surface area contributed by atoms with Crippen LogP contribution in [0, 0.1) is 5.92 Å². The molecule has 2 amide bonds. The summed E-state index contributed by atoms with van der Waals surface area (Å²) in [5, 5.41) is 14.0. The van der Waals surface area contributed by atoms with Crippen LogP contribution in [-0.4, -0.2) is 74.7 Å². The zero-order valence-corrected chi connectivity index (χ0v) is 22.3. The molecule has 0 aromatic carbocycles. The van der Waals surface area contributed by atoms with Crippen molar-refractivity contribution >= 4 is 29.0 Å². The van der Waals surface area contributed by atoms with E-state index in [0.29, 0.717) is 24.2 Å². The number of pyridine rings is 1. The van der Waals surface area contributed by atoms with Gasteiger partial charge >= 0.3 is 6.18 Å². The van der Waals surface area contributed by atoms with E-state index >= 15 is 0 Å². The number of nitrogens with zero attached hydrogens (tertiary/aromatic N) is 3. The lowest BCUT2D eigenvalue weighted by Crippen LogP contribution is -2.46. The SMILES string of the molecule is C[C@H]1CC(F)(F)CN1C(=O)c1nc(C(=O)N[C@H]2C[C@H](O)C2)sc1-c1cnc(N[C@@H](C2CC2)C(F)(F)F)cc1C(F)F. The number of rotatable bonds is 8. The molecule has 3 heterocycles. The number of hydrogen-bond acceptors (Lipinski definition) is 7. The number of carbonyl (C=O) groups excluding carboxylic acids is 2. The molecule has 0 spiro atoms. The summed E-state index contributed by atoms with van der Waals surface area (Å²) in [5.74, 6) is -6.11. The third-order valence-electron chi connectivity index (χ3n) is 7.43. The Balaban J connectivity index is 1.52. The number of thiazole rings is 1. The maximum absolute atomic E-state index is 14.3. The number of alkyl halides is 7. The van der Waals surface area contributed by atoms with Gasteiger partial charge in [0.1, 0.15) is 17.6 Å². The normalized spacial score (nSPS) is 24.7. The van der Waals surface area contributed by atoms with Gasteiger partial charge in [0.2, 0.25) is 0 Å². The topological polar surface area (TPSA) is 107 Å². The van der Waals surface area contributed by atoms with Gasteiger partial charge in [-0.25, -0.2) is 27.5 Å². The first-order chi connectivity index (χ1) is 19.1. The van der Waals surface area contributed by atoms with Gasteiger partial charge in [-0.1, -0.05) is 0 Å². The molecule has 16 heteroatoms. The van der Waals surface area contributed by atoms with Crippen LogP contribution >= 0.6 is 11.3 Å². The molecule has 0 radical (unpaired) electrons. The molecule has 224 valence electrons. The van der Waals surface area contributed by atoms with Crippen LogP contribution in [0.1, 0.15) is 71.3 Å². The first-order valence-corrected chi connectivity index (χ1v) is 13.7. The lowest BCUT2D eigenvalue weighted by Gasteiger charge is -2.31. The highest BCUT2D eigenvalue weighted by Gasteiger charge is 2.49. The molecule has 5 rings (SSSR count). The molecule has 1 aliphatic heterocycles. The number of hydrogen-bond donors (Lipinski definition) is 3. The largest absolute Gasteiger partial charge is 0.408 e. The Labute approximate surface area is 233 Å². The van der Waals surface area contributed by atoms with Gasteiger partial charge in [0.25, 0.3) is 24.2 Å². The van der Waals surface area contributed by atoms with Crippen molar-refractivity contribution in [1.29, 1.82) is 0 Å². The van der Waals surface area contributed by atoms with E-state index in [9.17, 15) is 45.4 Å². The van der Waals surface area contributed by atoms with Crippen LogP contribution in [0.4, 0.5) is 36.6 Å². The van der Waals surface area contributed by atoms with Crippen molar-refractivity contribution < 1.29 is 45.4 Å². The molecule has 1 saturated heterocycles. The summed E-state index contributed by atoms with van der Waals surface area (Å²) in [6.45, 7) is 0.457. The fraction of sp³-hybridized carbons (Fsp3) is 0.600. The van der Waals surface area contributed by atoms with Gasteiger partial charge < -0.3 is 20.6 Å². The van der Waals surface area contributed by atoms with Crippen molar-refractivity contribution in [3.63, 3.8) is 0 Å². The van der Waals surface area contributed by atoms with E-state index in [1.165, 1.54) is 6.92 Å². The van der Waals surface area contributed by atoms with Gasteiger partial charge in [0.05, 0.1) is 17.5 Å². The highest BCUT2D eigenvalue weighted by Crippen LogP contribution is 2.43.